The van der Waals surface area contributed by atoms with E-state index in [2.05, 4.69) is 12.2 Å². The van der Waals surface area contributed by atoms with Gasteiger partial charge in [0.05, 0.1) is 9.77 Å². The van der Waals surface area contributed by atoms with Crippen LogP contribution in [-0.4, -0.2) is 26.9 Å². The highest BCUT2D eigenvalue weighted by Crippen LogP contribution is 2.27. The Morgan fingerprint density at radius 2 is 1.92 bits per heavy atom. The maximum Gasteiger partial charge on any atom is 0.261 e. The number of carbonyl (C=O) groups excluding carboxylic acids is 1. The van der Waals surface area contributed by atoms with Crippen LogP contribution in [0.2, 0.25) is 0 Å². The van der Waals surface area contributed by atoms with Crippen LogP contribution in [0.1, 0.15) is 35.9 Å². The van der Waals surface area contributed by atoms with Crippen LogP contribution in [0.15, 0.2) is 51.6 Å². The number of nitrogens with one attached hydrogen (secondary N) is 1. The summed E-state index contributed by atoms with van der Waals surface area (Å²) in [6.07, 6.45) is 2.84. The van der Waals surface area contributed by atoms with E-state index in [0.29, 0.717) is 11.4 Å². The average molecular weight is 367 g/mol. The van der Waals surface area contributed by atoms with Crippen LogP contribution in [0, 0.1) is 0 Å². The minimum absolute atomic E-state index is 0.0891. The van der Waals surface area contributed by atoms with Crippen molar-refractivity contribution in [2.75, 3.05) is 6.54 Å². The molecule has 1 unspecified atom stereocenters. The Morgan fingerprint density at radius 1 is 1.21 bits per heavy atom. The van der Waals surface area contributed by atoms with Gasteiger partial charge in [-0.25, -0.2) is 8.42 Å². The highest BCUT2D eigenvalue weighted by molar-refractivity contribution is 7.93. The second kappa shape index (κ2) is 8.41. The molecule has 0 saturated heterocycles. The predicted octanol–water partition coefficient (Wildman–Crippen LogP) is 2.83. The molecule has 5 nitrogen and oxygen atoms in total. The summed E-state index contributed by atoms with van der Waals surface area (Å²) in [7, 11) is -3.59. The number of unbranched alkanes of at least 4 members (excludes halogenated alkanes) is 1. The lowest BCUT2D eigenvalue weighted by molar-refractivity contribution is 0.0940. The van der Waals surface area contributed by atoms with E-state index in [1.54, 1.807) is 36.4 Å². The van der Waals surface area contributed by atoms with Gasteiger partial charge in [0.15, 0.2) is 0 Å². The van der Waals surface area contributed by atoms with E-state index in [-0.39, 0.29) is 21.1 Å². The monoisotopic (exact) mass is 366 g/mol. The molecule has 1 heterocycles. The Bertz CT molecular complexity index is 770. The summed E-state index contributed by atoms with van der Waals surface area (Å²) < 4.78 is 25.3. The zero-order valence-corrected chi connectivity index (χ0v) is 15.2. The topological polar surface area (TPSA) is 89.3 Å². The smallest absolute Gasteiger partial charge is 0.261 e. The fourth-order valence-corrected chi connectivity index (χ4v) is 4.89. The van der Waals surface area contributed by atoms with Crippen molar-refractivity contribution >= 4 is 27.1 Å². The highest BCUT2D eigenvalue weighted by Gasteiger charge is 2.22. The summed E-state index contributed by atoms with van der Waals surface area (Å²) in [4.78, 5) is 12.9. The quantitative estimate of drug-likeness (QED) is 0.752. The first-order valence-corrected chi connectivity index (χ1v) is 10.2. The number of carbonyl (C=O) groups is 1. The van der Waals surface area contributed by atoms with Crippen molar-refractivity contribution in [3.8, 4) is 0 Å². The lowest BCUT2D eigenvalue weighted by Gasteiger charge is -2.15. The molecule has 0 fully saturated rings. The number of nitrogens with two attached hydrogens (primary N) is 1. The minimum Gasteiger partial charge on any atom is -0.347 e. The molecule has 0 saturated carbocycles. The first-order chi connectivity index (χ1) is 11.5. The van der Waals surface area contributed by atoms with E-state index in [1.165, 1.54) is 6.07 Å². The molecule has 1 amide bonds. The third-order valence-corrected chi connectivity index (χ3v) is 6.99. The van der Waals surface area contributed by atoms with Crippen LogP contribution in [0.25, 0.3) is 0 Å². The molecule has 0 aliphatic heterocycles. The van der Waals surface area contributed by atoms with Crippen LogP contribution < -0.4 is 11.1 Å². The van der Waals surface area contributed by atoms with Crippen molar-refractivity contribution in [3.63, 3.8) is 0 Å². The Morgan fingerprint density at radius 3 is 2.54 bits per heavy atom. The number of benzene rings is 1. The van der Waals surface area contributed by atoms with Crippen molar-refractivity contribution in [3.05, 3.63) is 47.3 Å². The first-order valence-electron chi connectivity index (χ1n) is 7.90. The van der Waals surface area contributed by atoms with Gasteiger partial charge in [-0.2, -0.15) is 0 Å². The van der Waals surface area contributed by atoms with Crippen molar-refractivity contribution in [1.82, 2.24) is 5.32 Å². The van der Waals surface area contributed by atoms with Gasteiger partial charge in [0.1, 0.15) is 4.21 Å². The van der Waals surface area contributed by atoms with E-state index in [4.69, 9.17) is 5.73 Å². The standard InChI is InChI=1S/C17H22N2O3S2/c1-2-3-7-13(12-18)19-17(20)15-10-11-16(23-15)24(21,22)14-8-5-4-6-9-14/h4-6,8-11,13H,2-3,7,12,18H2,1H3,(H,19,20). The molecular formula is C17H22N2O3S2. The molecule has 1 atom stereocenters. The number of rotatable bonds is 8. The fraction of sp³-hybridized carbons (Fsp3) is 0.353. The van der Waals surface area contributed by atoms with Gasteiger partial charge < -0.3 is 11.1 Å². The Kier molecular flexibility index (Phi) is 6.53. The summed E-state index contributed by atoms with van der Waals surface area (Å²) in [6.45, 7) is 2.45. The highest BCUT2D eigenvalue weighted by atomic mass is 32.2. The summed E-state index contributed by atoms with van der Waals surface area (Å²) in [5, 5.41) is 2.87. The molecule has 0 aliphatic rings. The molecule has 130 valence electrons. The van der Waals surface area contributed by atoms with Crippen LogP contribution in [0.4, 0.5) is 0 Å². The third kappa shape index (κ3) is 4.43. The van der Waals surface area contributed by atoms with Gasteiger partial charge in [0, 0.05) is 12.6 Å². The molecule has 7 heteroatoms. The van der Waals surface area contributed by atoms with Crippen molar-refractivity contribution < 1.29 is 13.2 Å². The van der Waals surface area contributed by atoms with Gasteiger partial charge >= 0.3 is 0 Å². The van der Waals surface area contributed by atoms with Crippen molar-refractivity contribution in [2.24, 2.45) is 5.73 Å². The number of thiophene rings is 1. The molecule has 0 aliphatic carbocycles. The number of hydrogen-bond donors (Lipinski definition) is 2. The second-order valence-corrected chi connectivity index (χ2v) is 8.74. The summed E-state index contributed by atoms with van der Waals surface area (Å²) in [5.74, 6) is -0.277. The van der Waals surface area contributed by atoms with Gasteiger partial charge in [-0.15, -0.1) is 11.3 Å². The molecule has 0 bridgehead atoms. The molecule has 1 aromatic carbocycles. The maximum absolute atomic E-state index is 12.5. The van der Waals surface area contributed by atoms with E-state index < -0.39 is 9.84 Å². The average Bonchev–Trinajstić information content (AvgIpc) is 3.10. The number of sulfone groups is 1. The molecule has 24 heavy (non-hydrogen) atoms. The molecule has 0 radical (unpaired) electrons. The van der Waals surface area contributed by atoms with E-state index >= 15 is 0 Å². The largest absolute Gasteiger partial charge is 0.347 e. The molecule has 3 N–H and O–H groups in total. The van der Waals surface area contributed by atoms with Crippen LogP contribution in [-0.2, 0) is 9.84 Å². The first kappa shape index (κ1) is 18.6. The molecule has 2 rings (SSSR count). The molecule has 1 aromatic heterocycles. The summed E-state index contributed by atoms with van der Waals surface area (Å²) >= 11 is 0.978. The third-order valence-electron chi connectivity index (χ3n) is 3.65. The Labute approximate surface area is 146 Å². The van der Waals surface area contributed by atoms with E-state index in [0.717, 1.165) is 30.6 Å². The van der Waals surface area contributed by atoms with Crippen LogP contribution in [0.3, 0.4) is 0 Å². The van der Waals surface area contributed by atoms with Gasteiger partial charge in [0.2, 0.25) is 9.84 Å². The predicted molar refractivity (Wildman–Crippen MR) is 96.0 cm³/mol. The maximum atomic E-state index is 12.5. The number of amides is 1. The zero-order chi connectivity index (χ0) is 17.6. The molecular weight excluding hydrogens is 344 g/mol. The fourth-order valence-electron chi connectivity index (χ4n) is 2.26. The molecule has 0 spiro atoms. The lowest BCUT2D eigenvalue weighted by Crippen LogP contribution is -2.39. The normalized spacial score (nSPS) is 12.8. The summed E-state index contributed by atoms with van der Waals surface area (Å²) in [5.41, 5.74) is 5.68. The van der Waals surface area contributed by atoms with E-state index in [9.17, 15) is 13.2 Å². The minimum atomic E-state index is -3.59. The van der Waals surface area contributed by atoms with Crippen LogP contribution in [0.5, 0.6) is 0 Å². The zero-order valence-electron chi connectivity index (χ0n) is 13.6. The Balaban J connectivity index is 2.14. The number of hydrogen-bond acceptors (Lipinski definition) is 5. The van der Waals surface area contributed by atoms with Crippen molar-refractivity contribution in [1.29, 1.82) is 0 Å². The lowest BCUT2D eigenvalue weighted by atomic mass is 10.1. The van der Waals surface area contributed by atoms with Crippen LogP contribution >= 0.6 is 11.3 Å². The van der Waals surface area contributed by atoms with E-state index in [1.807, 2.05) is 0 Å². The SMILES string of the molecule is CCCCC(CN)NC(=O)c1ccc(S(=O)(=O)c2ccccc2)s1. The van der Waals surface area contributed by atoms with Crippen molar-refractivity contribution in [2.45, 2.75) is 41.3 Å². The van der Waals surface area contributed by atoms with Gasteiger partial charge in [-0.1, -0.05) is 38.0 Å². The van der Waals surface area contributed by atoms with Gasteiger partial charge in [-0.3, -0.25) is 4.79 Å². The Hall–Kier alpha value is -1.70. The molecule has 2 aromatic rings. The van der Waals surface area contributed by atoms with Gasteiger partial charge in [0.25, 0.3) is 5.91 Å². The summed E-state index contributed by atoms with van der Waals surface area (Å²) in [6, 6.07) is 11.1. The van der Waals surface area contributed by atoms with Gasteiger partial charge in [-0.05, 0) is 30.7 Å². The second-order valence-electron chi connectivity index (χ2n) is 5.48.